The lowest BCUT2D eigenvalue weighted by molar-refractivity contribution is -0.139. The largest absolute Gasteiger partial charge is 0.416 e. The van der Waals surface area contributed by atoms with Gasteiger partial charge >= 0.3 is 6.18 Å². The Hall–Kier alpha value is -1.14. The van der Waals surface area contributed by atoms with E-state index >= 15 is 0 Å². The Balaban J connectivity index is 2.01. The van der Waals surface area contributed by atoms with E-state index in [9.17, 15) is 17.6 Å². The van der Waals surface area contributed by atoms with Crippen LogP contribution in [-0.2, 0) is 6.18 Å². The van der Waals surface area contributed by atoms with Gasteiger partial charge in [0, 0.05) is 32.2 Å². The summed E-state index contributed by atoms with van der Waals surface area (Å²) in [5.74, 6) is -0.605. The number of benzene rings is 1. The lowest BCUT2D eigenvalue weighted by Crippen LogP contribution is -2.47. The first-order valence-corrected chi connectivity index (χ1v) is 8.28. The van der Waals surface area contributed by atoms with Gasteiger partial charge in [-0.25, -0.2) is 4.39 Å². The first-order valence-electron chi connectivity index (χ1n) is 8.28. The highest BCUT2D eigenvalue weighted by Crippen LogP contribution is 2.44. The summed E-state index contributed by atoms with van der Waals surface area (Å²) < 4.78 is 53.8. The van der Waals surface area contributed by atoms with Gasteiger partial charge in [-0.1, -0.05) is 18.9 Å². The summed E-state index contributed by atoms with van der Waals surface area (Å²) in [7, 11) is 0. The molecule has 1 heterocycles. The molecule has 128 valence electrons. The van der Waals surface area contributed by atoms with E-state index in [4.69, 9.17) is 0 Å². The number of piperazine rings is 1. The Bertz CT molecular complexity index is 532. The minimum atomic E-state index is -4.53. The first kappa shape index (κ1) is 16.7. The summed E-state index contributed by atoms with van der Waals surface area (Å²) in [5, 5.41) is 3.24. The van der Waals surface area contributed by atoms with Crippen LogP contribution in [0.4, 0.5) is 17.6 Å². The zero-order valence-corrected chi connectivity index (χ0v) is 13.0. The third-order valence-electron chi connectivity index (χ3n) is 5.03. The van der Waals surface area contributed by atoms with Crippen molar-refractivity contribution >= 4 is 0 Å². The molecule has 0 unspecified atom stereocenters. The Labute approximate surface area is 133 Å². The van der Waals surface area contributed by atoms with Gasteiger partial charge in [0.15, 0.2) is 0 Å². The van der Waals surface area contributed by atoms with Crippen LogP contribution in [0.3, 0.4) is 0 Å². The van der Waals surface area contributed by atoms with Crippen molar-refractivity contribution in [1.82, 2.24) is 10.2 Å². The van der Waals surface area contributed by atoms with E-state index in [1.54, 1.807) is 0 Å². The van der Waals surface area contributed by atoms with Gasteiger partial charge in [0.2, 0.25) is 0 Å². The topological polar surface area (TPSA) is 15.3 Å². The lowest BCUT2D eigenvalue weighted by Gasteiger charge is -2.39. The van der Waals surface area contributed by atoms with E-state index in [1.165, 1.54) is 6.07 Å². The highest BCUT2D eigenvalue weighted by Gasteiger charge is 2.40. The molecule has 1 saturated carbocycles. The predicted octanol–water partition coefficient (Wildman–Crippen LogP) is 3.98. The van der Waals surface area contributed by atoms with Gasteiger partial charge < -0.3 is 5.32 Å². The predicted molar refractivity (Wildman–Crippen MR) is 80.5 cm³/mol. The normalized spacial score (nSPS) is 22.4. The SMILES string of the molecule is Fc1ccc([C@@H](C2CCCC2)N2CCNCC2)c(C(F)(F)F)c1. The second-order valence-electron chi connectivity index (χ2n) is 6.50. The van der Waals surface area contributed by atoms with Crippen LogP contribution in [0, 0.1) is 11.7 Å². The summed E-state index contributed by atoms with van der Waals surface area (Å²) in [6.45, 7) is 3.03. The van der Waals surface area contributed by atoms with Crippen molar-refractivity contribution in [3.8, 4) is 0 Å². The molecule has 1 saturated heterocycles. The monoisotopic (exact) mass is 330 g/mol. The van der Waals surface area contributed by atoms with Crippen LogP contribution in [0.2, 0.25) is 0 Å². The van der Waals surface area contributed by atoms with Crippen molar-refractivity contribution in [1.29, 1.82) is 0 Å². The summed E-state index contributed by atoms with van der Waals surface area (Å²) in [6, 6.07) is 2.90. The van der Waals surface area contributed by atoms with Crippen molar-refractivity contribution < 1.29 is 17.6 Å². The maximum atomic E-state index is 13.4. The third-order valence-corrected chi connectivity index (χ3v) is 5.03. The lowest BCUT2D eigenvalue weighted by atomic mass is 9.87. The molecule has 0 radical (unpaired) electrons. The first-order chi connectivity index (χ1) is 11.0. The Morgan fingerprint density at radius 3 is 2.35 bits per heavy atom. The van der Waals surface area contributed by atoms with Gasteiger partial charge in [-0.3, -0.25) is 4.90 Å². The van der Waals surface area contributed by atoms with Gasteiger partial charge in [0.1, 0.15) is 5.82 Å². The quantitative estimate of drug-likeness (QED) is 0.844. The minimum Gasteiger partial charge on any atom is -0.314 e. The molecule has 2 nitrogen and oxygen atoms in total. The van der Waals surface area contributed by atoms with Gasteiger partial charge in [-0.2, -0.15) is 13.2 Å². The molecule has 2 aliphatic rings. The van der Waals surface area contributed by atoms with Crippen LogP contribution < -0.4 is 5.32 Å². The summed E-state index contributed by atoms with van der Waals surface area (Å²) in [5.41, 5.74) is -0.569. The number of rotatable bonds is 3. The second kappa shape index (κ2) is 6.77. The third kappa shape index (κ3) is 3.69. The molecule has 1 aromatic carbocycles. The molecule has 1 aromatic rings. The van der Waals surface area contributed by atoms with E-state index in [0.29, 0.717) is 6.07 Å². The molecule has 0 spiro atoms. The molecule has 23 heavy (non-hydrogen) atoms. The maximum absolute atomic E-state index is 13.4. The van der Waals surface area contributed by atoms with Gasteiger partial charge in [0.25, 0.3) is 0 Å². The number of nitrogens with one attached hydrogen (secondary N) is 1. The number of nitrogens with zero attached hydrogens (tertiary/aromatic N) is 1. The fraction of sp³-hybridized carbons (Fsp3) is 0.647. The number of hydrogen-bond donors (Lipinski definition) is 1. The molecule has 0 bridgehead atoms. The van der Waals surface area contributed by atoms with Crippen LogP contribution in [0.25, 0.3) is 0 Å². The minimum absolute atomic E-state index is 0.222. The maximum Gasteiger partial charge on any atom is 0.416 e. The van der Waals surface area contributed by atoms with Crippen LogP contribution in [0.5, 0.6) is 0 Å². The van der Waals surface area contributed by atoms with Crippen molar-refractivity contribution in [3.05, 3.63) is 35.1 Å². The van der Waals surface area contributed by atoms with Crippen LogP contribution in [0.1, 0.15) is 42.9 Å². The van der Waals surface area contributed by atoms with Crippen molar-refractivity contribution in [3.63, 3.8) is 0 Å². The average Bonchev–Trinajstić information content (AvgIpc) is 3.03. The molecule has 2 fully saturated rings. The van der Waals surface area contributed by atoms with Crippen molar-refractivity contribution in [2.45, 2.75) is 37.9 Å². The van der Waals surface area contributed by atoms with Crippen LogP contribution >= 0.6 is 0 Å². The summed E-state index contributed by atoms with van der Waals surface area (Å²) in [4.78, 5) is 2.15. The number of hydrogen-bond acceptors (Lipinski definition) is 2. The molecular formula is C17H22F4N2. The van der Waals surface area contributed by atoms with E-state index in [2.05, 4.69) is 10.2 Å². The molecule has 1 atom stereocenters. The van der Waals surface area contributed by atoms with Crippen molar-refractivity contribution in [2.75, 3.05) is 26.2 Å². The summed E-state index contributed by atoms with van der Waals surface area (Å²) >= 11 is 0. The zero-order valence-electron chi connectivity index (χ0n) is 13.0. The Morgan fingerprint density at radius 2 is 1.74 bits per heavy atom. The fourth-order valence-corrected chi connectivity index (χ4v) is 4.01. The van der Waals surface area contributed by atoms with Crippen LogP contribution in [-0.4, -0.2) is 31.1 Å². The standard InChI is InChI=1S/C17H22F4N2/c18-13-5-6-14(15(11-13)17(19,20)21)16(12-3-1-2-4-12)23-9-7-22-8-10-23/h5-6,11-12,16,22H,1-4,7-10H2/t16-/m1/s1. The van der Waals surface area contributed by atoms with Crippen molar-refractivity contribution in [2.24, 2.45) is 5.92 Å². The molecular weight excluding hydrogens is 308 g/mol. The molecule has 0 aromatic heterocycles. The van der Waals surface area contributed by atoms with Gasteiger partial charge in [-0.15, -0.1) is 0 Å². The summed E-state index contributed by atoms with van der Waals surface area (Å²) in [6.07, 6.45) is -0.500. The average molecular weight is 330 g/mol. The second-order valence-corrected chi connectivity index (χ2v) is 6.50. The highest BCUT2D eigenvalue weighted by molar-refractivity contribution is 5.34. The van der Waals surface area contributed by atoms with E-state index in [1.807, 2.05) is 0 Å². The molecule has 0 amide bonds. The Morgan fingerprint density at radius 1 is 1.09 bits per heavy atom. The molecule has 1 aliphatic heterocycles. The zero-order chi connectivity index (χ0) is 16.4. The molecule has 1 N–H and O–H groups in total. The molecule has 1 aliphatic carbocycles. The van der Waals surface area contributed by atoms with E-state index < -0.39 is 17.6 Å². The smallest absolute Gasteiger partial charge is 0.314 e. The van der Waals surface area contributed by atoms with Gasteiger partial charge in [-0.05, 0) is 36.5 Å². The van der Waals surface area contributed by atoms with E-state index in [0.717, 1.165) is 57.9 Å². The Kier molecular flexibility index (Phi) is 4.92. The fourth-order valence-electron chi connectivity index (χ4n) is 4.01. The molecule has 6 heteroatoms. The number of alkyl halides is 3. The number of halogens is 4. The van der Waals surface area contributed by atoms with E-state index in [-0.39, 0.29) is 17.5 Å². The highest BCUT2D eigenvalue weighted by atomic mass is 19.4. The van der Waals surface area contributed by atoms with Gasteiger partial charge in [0.05, 0.1) is 5.56 Å². The molecule has 3 rings (SSSR count). The van der Waals surface area contributed by atoms with Crippen LogP contribution in [0.15, 0.2) is 18.2 Å².